The standard InChI is InChI=1S/C27H30O14/c28-9-17-20(31)22(33)24(35)26(40-17)37-10-18-21(32)23(34)25(36)27(41-18)38-12-6-13(29)19-14(30)8-15(39-16(19)7-12)11-4-2-1-3-5-11/h1-8,17-18,20-29,31-36H,9-10H2/t17-,18-,20+,21-,22+,23-,24+,25-,26-,27-/m1/s1. The van der Waals surface area contributed by atoms with Gasteiger partial charge >= 0.3 is 0 Å². The average molecular weight is 579 g/mol. The normalized spacial score (nSPS) is 34.0. The van der Waals surface area contributed by atoms with E-state index in [1.807, 2.05) is 0 Å². The summed E-state index contributed by atoms with van der Waals surface area (Å²) in [6, 6.07) is 12.4. The molecule has 3 aromatic rings. The lowest BCUT2D eigenvalue weighted by Crippen LogP contribution is -2.62. The minimum Gasteiger partial charge on any atom is -0.507 e. The fourth-order valence-electron chi connectivity index (χ4n) is 4.74. The van der Waals surface area contributed by atoms with E-state index in [4.69, 9.17) is 23.4 Å². The number of phenolic OH excluding ortho intramolecular Hbond substituents is 1. The van der Waals surface area contributed by atoms with Crippen LogP contribution in [-0.2, 0) is 14.2 Å². The highest BCUT2D eigenvalue weighted by molar-refractivity contribution is 5.86. The smallest absolute Gasteiger partial charge is 0.229 e. The Labute approximate surface area is 231 Å². The lowest BCUT2D eigenvalue weighted by Gasteiger charge is -2.42. The van der Waals surface area contributed by atoms with Crippen molar-refractivity contribution in [3.8, 4) is 22.8 Å². The summed E-state index contributed by atoms with van der Waals surface area (Å²) in [5.41, 5.74) is 0.0782. The van der Waals surface area contributed by atoms with Gasteiger partial charge in [-0.05, 0) is 0 Å². The lowest BCUT2D eigenvalue weighted by molar-refractivity contribution is -0.323. The molecule has 2 saturated heterocycles. The molecule has 0 radical (unpaired) electrons. The zero-order valence-electron chi connectivity index (χ0n) is 21.3. The van der Waals surface area contributed by atoms with Crippen LogP contribution >= 0.6 is 0 Å². The van der Waals surface area contributed by atoms with E-state index in [1.165, 1.54) is 12.1 Å². The van der Waals surface area contributed by atoms with Crippen molar-refractivity contribution < 1.29 is 64.2 Å². The van der Waals surface area contributed by atoms with Crippen molar-refractivity contribution in [2.45, 2.75) is 61.4 Å². The number of ether oxygens (including phenoxy) is 4. The topological polar surface area (TPSA) is 229 Å². The van der Waals surface area contributed by atoms with Crippen molar-refractivity contribution in [3.05, 3.63) is 58.8 Å². The van der Waals surface area contributed by atoms with Gasteiger partial charge in [0.15, 0.2) is 11.7 Å². The Hall–Kier alpha value is -3.15. The van der Waals surface area contributed by atoms with Crippen LogP contribution in [0.2, 0.25) is 0 Å². The molecule has 0 amide bonds. The maximum absolute atomic E-state index is 12.7. The van der Waals surface area contributed by atoms with Crippen LogP contribution in [0.1, 0.15) is 0 Å². The molecule has 41 heavy (non-hydrogen) atoms. The summed E-state index contributed by atoms with van der Waals surface area (Å²) in [5.74, 6) is -0.346. The molecule has 1 aromatic heterocycles. The number of hydrogen-bond acceptors (Lipinski definition) is 14. The van der Waals surface area contributed by atoms with Crippen LogP contribution in [0.25, 0.3) is 22.3 Å². The molecule has 0 saturated carbocycles. The summed E-state index contributed by atoms with van der Waals surface area (Å²) in [4.78, 5) is 12.7. The van der Waals surface area contributed by atoms with E-state index in [0.29, 0.717) is 5.56 Å². The van der Waals surface area contributed by atoms with Crippen molar-refractivity contribution >= 4 is 11.0 Å². The Morgan fingerprint density at radius 1 is 0.756 bits per heavy atom. The first-order valence-electron chi connectivity index (χ1n) is 12.7. The van der Waals surface area contributed by atoms with Crippen LogP contribution in [0.4, 0.5) is 0 Å². The maximum Gasteiger partial charge on any atom is 0.229 e. The van der Waals surface area contributed by atoms with Gasteiger partial charge in [-0.3, -0.25) is 4.79 Å². The Balaban J connectivity index is 1.34. The molecule has 222 valence electrons. The molecule has 3 heterocycles. The van der Waals surface area contributed by atoms with Crippen LogP contribution in [0, 0.1) is 0 Å². The lowest BCUT2D eigenvalue weighted by atomic mass is 9.98. The Kier molecular flexibility index (Phi) is 8.58. The average Bonchev–Trinajstić information content (AvgIpc) is 2.96. The Morgan fingerprint density at radius 2 is 1.39 bits per heavy atom. The Morgan fingerprint density at radius 3 is 2.07 bits per heavy atom. The summed E-state index contributed by atoms with van der Waals surface area (Å²) in [6.45, 7) is -1.23. The monoisotopic (exact) mass is 578 g/mol. The van der Waals surface area contributed by atoms with E-state index in [1.54, 1.807) is 30.3 Å². The van der Waals surface area contributed by atoms with Gasteiger partial charge in [0, 0.05) is 23.8 Å². The van der Waals surface area contributed by atoms with Crippen molar-refractivity contribution in [2.75, 3.05) is 13.2 Å². The van der Waals surface area contributed by atoms with Crippen LogP contribution in [0.5, 0.6) is 11.5 Å². The third-order valence-electron chi connectivity index (χ3n) is 7.04. The molecule has 5 rings (SSSR count). The van der Waals surface area contributed by atoms with Gasteiger partial charge in [0.1, 0.15) is 77.1 Å². The molecule has 14 heteroatoms. The molecule has 0 unspecified atom stereocenters. The molecule has 2 fully saturated rings. The molecule has 0 bridgehead atoms. The molecule has 0 aliphatic carbocycles. The van der Waals surface area contributed by atoms with Gasteiger partial charge in [0.2, 0.25) is 6.29 Å². The second-order valence-corrected chi connectivity index (χ2v) is 9.82. The first-order valence-corrected chi connectivity index (χ1v) is 12.7. The van der Waals surface area contributed by atoms with Gasteiger partial charge in [-0.2, -0.15) is 0 Å². The first-order chi connectivity index (χ1) is 19.6. The highest BCUT2D eigenvalue weighted by atomic mass is 16.7. The van der Waals surface area contributed by atoms with Crippen LogP contribution < -0.4 is 10.2 Å². The molecule has 2 aromatic carbocycles. The van der Waals surface area contributed by atoms with Gasteiger partial charge in [-0.15, -0.1) is 0 Å². The number of aliphatic hydroxyl groups is 7. The van der Waals surface area contributed by atoms with Crippen LogP contribution in [0.3, 0.4) is 0 Å². The third-order valence-corrected chi connectivity index (χ3v) is 7.04. The van der Waals surface area contributed by atoms with E-state index in [2.05, 4.69) is 0 Å². The van der Waals surface area contributed by atoms with Gasteiger partial charge in [-0.25, -0.2) is 0 Å². The molecule has 0 spiro atoms. The summed E-state index contributed by atoms with van der Waals surface area (Å²) >= 11 is 0. The molecule has 10 atom stereocenters. The fourth-order valence-corrected chi connectivity index (χ4v) is 4.74. The van der Waals surface area contributed by atoms with E-state index >= 15 is 0 Å². The van der Waals surface area contributed by atoms with Gasteiger partial charge in [0.25, 0.3) is 0 Å². The van der Waals surface area contributed by atoms with Gasteiger partial charge in [-0.1, -0.05) is 30.3 Å². The van der Waals surface area contributed by atoms with Crippen molar-refractivity contribution in [2.24, 2.45) is 0 Å². The summed E-state index contributed by atoms with van der Waals surface area (Å²) in [7, 11) is 0. The van der Waals surface area contributed by atoms with E-state index in [-0.39, 0.29) is 22.5 Å². The summed E-state index contributed by atoms with van der Waals surface area (Å²) < 4.78 is 27.8. The van der Waals surface area contributed by atoms with Crippen molar-refractivity contribution in [3.63, 3.8) is 0 Å². The number of hydrogen-bond donors (Lipinski definition) is 8. The number of benzene rings is 2. The number of aliphatic hydroxyl groups excluding tert-OH is 7. The van der Waals surface area contributed by atoms with Crippen molar-refractivity contribution in [1.82, 2.24) is 0 Å². The third kappa shape index (κ3) is 5.80. The van der Waals surface area contributed by atoms with E-state index in [0.717, 1.165) is 6.07 Å². The predicted octanol–water partition coefficient (Wildman–Crippen LogP) is -1.83. The van der Waals surface area contributed by atoms with Crippen LogP contribution in [0.15, 0.2) is 57.7 Å². The molecule has 14 nitrogen and oxygen atoms in total. The van der Waals surface area contributed by atoms with Gasteiger partial charge in [0.05, 0.1) is 13.2 Å². The first kappa shape index (κ1) is 29.3. The highest BCUT2D eigenvalue weighted by Gasteiger charge is 2.48. The number of rotatable bonds is 7. The van der Waals surface area contributed by atoms with E-state index < -0.39 is 85.8 Å². The molecule has 8 N–H and O–H groups in total. The fraction of sp³-hybridized carbons (Fsp3) is 0.444. The largest absolute Gasteiger partial charge is 0.507 e. The number of aromatic hydroxyl groups is 1. The number of phenols is 1. The molecular formula is C27H30O14. The quantitative estimate of drug-likeness (QED) is 0.154. The number of fused-ring (bicyclic) bond motifs is 1. The van der Waals surface area contributed by atoms with Gasteiger partial charge < -0.3 is 64.2 Å². The second kappa shape index (κ2) is 12.0. The zero-order chi connectivity index (χ0) is 29.4. The molecule has 2 aliphatic rings. The highest BCUT2D eigenvalue weighted by Crippen LogP contribution is 2.33. The summed E-state index contributed by atoms with van der Waals surface area (Å²) in [5, 5.41) is 81.2. The van der Waals surface area contributed by atoms with E-state index in [9.17, 15) is 45.6 Å². The second-order valence-electron chi connectivity index (χ2n) is 9.82. The summed E-state index contributed by atoms with van der Waals surface area (Å²) in [6.07, 6.45) is -16.0. The van der Waals surface area contributed by atoms with Crippen LogP contribution in [-0.4, -0.2) is 115 Å². The zero-order valence-corrected chi connectivity index (χ0v) is 21.3. The minimum absolute atomic E-state index is 0.0280. The molecular weight excluding hydrogens is 548 g/mol. The SMILES string of the molecule is O=c1cc(-c2ccccc2)oc2cc(O[C@@H]3O[C@H](CO[C@@H]4O[C@H](CO)[C@H](O)[C@H](O)[C@@H]4O)[C@@H](O)[C@@H](O)[C@H]3O)cc(O)c12. The predicted molar refractivity (Wildman–Crippen MR) is 137 cm³/mol. The molecule has 2 aliphatic heterocycles. The Bertz CT molecular complexity index is 1390. The minimum atomic E-state index is -1.78. The maximum atomic E-state index is 12.7. The van der Waals surface area contributed by atoms with Crippen molar-refractivity contribution in [1.29, 1.82) is 0 Å².